The Labute approximate surface area is 136 Å². The van der Waals surface area contributed by atoms with Gasteiger partial charge in [-0.1, -0.05) is 48.5 Å². The topological polar surface area (TPSA) is 50.7 Å². The number of nitrogens with zero attached hydrogens (tertiary/aromatic N) is 1. The number of hydrogen-bond acceptors (Lipinski definition) is 3. The van der Waals surface area contributed by atoms with Gasteiger partial charge in [-0.25, -0.2) is 5.43 Å². The first-order valence-corrected chi connectivity index (χ1v) is 7.38. The summed E-state index contributed by atoms with van der Waals surface area (Å²) in [6.07, 6.45) is 3.59. The lowest BCUT2D eigenvalue weighted by molar-refractivity contribution is -0.123. The first-order chi connectivity index (χ1) is 11.1. The number of carbonyl (C=O) groups excluding carboxylic acids is 1. The maximum absolute atomic E-state index is 11.7. The molecule has 0 unspecified atom stereocenters. The van der Waals surface area contributed by atoms with Crippen LogP contribution in [0, 0.1) is 6.92 Å². The molecule has 118 valence electrons. The van der Waals surface area contributed by atoms with E-state index >= 15 is 0 Å². The Hall–Kier alpha value is -2.88. The van der Waals surface area contributed by atoms with Crippen LogP contribution < -0.4 is 10.2 Å². The summed E-state index contributed by atoms with van der Waals surface area (Å²) in [5.74, 6) is 0.375. The molecule has 0 atom stereocenters. The summed E-state index contributed by atoms with van der Waals surface area (Å²) in [5.41, 5.74) is 5.56. The van der Waals surface area contributed by atoms with Crippen molar-refractivity contribution in [3.05, 3.63) is 71.3 Å². The molecule has 2 rings (SSSR count). The molecular weight excluding hydrogens is 288 g/mol. The van der Waals surface area contributed by atoms with Gasteiger partial charge < -0.3 is 4.74 Å². The van der Waals surface area contributed by atoms with Gasteiger partial charge in [-0.05, 0) is 42.7 Å². The number of allylic oxidation sites excluding steroid dienone is 1. The first kappa shape index (κ1) is 16.5. The second-order valence-electron chi connectivity index (χ2n) is 5.20. The lowest BCUT2D eigenvalue weighted by Crippen LogP contribution is -2.24. The molecule has 23 heavy (non-hydrogen) atoms. The van der Waals surface area contributed by atoms with Crippen LogP contribution in [0.3, 0.4) is 0 Å². The third-order valence-electron chi connectivity index (χ3n) is 3.01. The number of nitrogens with one attached hydrogen (secondary N) is 1. The Kier molecular flexibility index (Phi) is 6.12. The normalized spacial score (nSPS) is 11.5. The van der Waals surface area contributed by atoms with Crippen LogP contribution in [-0.4, -0.2) is 18.7 Å². The predicted octanol–water partition coefficient (Wildman–Crippen LogP) is 3.58. The number of hydrazone groups is 1. The van der Waals surface area contributed by atoms with Crippen molar-refractivity contribution in [2.75, 3.05) is 6.61 Å². The number of amides is 1. The zero-order chi connectivity index (χ0) is 16.5. The highest BCUT2D eigenvalue weighted by Gasteiger charge is 2.01. The van der Waals surface area contributed by atoms with Crippen LogP contribution in [0.5, 0.6) is 5.75 Å². The van der Waals surface area contributed by atoms with Crippen LogP contribution in [0.25, 0.3) is 6.08 Å². The van der Waals surface area contributed by atoms with Gasteiger partial charge in [0.2, 0.25) is 0 Å². The largest absolute Gasteiger partial charge is 0.484 e. The molecule has 0 aromatic heterocycles. The molecule has 2 aromatic rings. The standard InChI is InChI=1S/C19H20N2O2/c1-15-7-6-10-18(12-15)23-14-19(22)21-20-13-16(2)11-17-8-4-3-5-9-17/h3-13H,14H2,1-2H3,(H,21,22)/b16-11-,20-13+. The minimum Gasteiger partial charge on any atom is -0.484 e. The molecule has 0 spiro atoms. The average Bonchev–Trinajstić information content (AvgIpc) is 2.54. The fraction of sp³-hybridized carbons (Fsp3) is 0.158. The van der Waals surface area contributed by atoms with Crippen LogP contribution in [0.2, 0.25) is 0 Å². The van der Waals surface area contributed by atoms with Crippen molar-refractivity contribution in [3.8, 4) is 5.75 Å². The number of ether oxygens (including phenoxy) is 1. The Balaban J connectivity index is 1.78. The molecule has 0 radical (unpaired) electrons. The second-order valence-corrected chi connectivity index (χ2v) is 5.20. The summed E-state index contributed by atoms with van der Waals surface area (Å²) in [6, 6.07) is 17.5. The molecule has 4 heteroatoms. The summed E-state index contributed by atoms with van der Waals surface area (Å²) in [5, 5.41) is 3.92. The zero-order valence-corrected chi connectivity index (χ0v) is 13.3. The van der Waals surface area contributed by atoms with Gasteiger partial charge in [-0.2, -0.15) is 5.10 Å². The maximum Gasteiger partial charge on any atom is 0.277 e. The van der Waals surface area contributed by atoms with E-state index in [0.29, 0.717) is 5.75 Å². The van der Waals surface area contributed by atoms with Crippen molar-refractivity contribution in [3.63, 3.8) is 0 Å². The third-order valence-corrected chi connectivity index (χ3v) is 3.01. The van der Waals surface area contributed by atoms with E-state index in [1.807, 2.05) is 74.5 Å². The summed E-state index contributed by atoms with van der Waals surface area (Å²) < 4.78 is 5.40. The molecule has 0 aliphatic heterocycles. The molecule has 0 saturated heterocycles. The fourth-order valence-corrected chi connectivity index (χ4v) is 1.94. The molecule has 0 saturated carbocycles. The molecule has 1 N–H and O–H groups in total. The van der Waals surface area contributed by atoms with Crippen LogP contribution >= 0.6 is 0 Å². The van der Waals surface area contributed by atoms with E-state index in [0.717, 1.165) is 16.7 Å². The van der Waals surface area contributed by atoms with Gasteiger partial charge in [0.25, 0.3) is 5.91 Å². The van der Waals surface area contributed by atoms with E-state index in [9.17, 15) is 4.79 Å². The van der Waals surface area contributed by atoms with Crippen LogP contribution in [-0.2, 0) is 4.79 Å². The summed E-state index contributed by atoms with van der Waals surface area (Å²) >= 11 is 0. The Morgan fingerprint density at radius 3 is 2.70 bits per heavy atom. The molecule has 0 bridgehead atoms. The minimum atomic E-state index is -0.296. The first-order valence-electron chi connectivity index (χ1n) is 7.38. The van der Waals surface area contributed by atoms with Crippen LogP contribution in [0.4, 0.5) is 0 Å². The number of carbonyl (C=O) groups is 1. The van der Waals surface area contributed by atoms with Gasteiger partial charge in [0.05, 0.1) is 6.21 Å². The molecule has 0 aliphatic carbocycles. The van der Waals surface area contributed by atoms with Crippen LogP contribution in [0.15, 0.2) is 65.3 Å². The predicted molar refractivity (Wildman–Crippen MR) is 93.4 cm³/mol. The van der Waals surface area contributed by atoms with E-state index < -0.39 is 0 Å². The Bertz CT molecular complexity index is 706. The molecule has 0 heterocycles. The van der Waals surface area contributed by atoms with Crippen molar-refractivity contribution < 1.29 is 9.53 Å². The lowest BCUT2D eigenvalue weighted by Gasteiger charge is -2.05. The SMILES string of the molecule is CC(=C/c1ccccc1)/C=N/NC(=O)COc1cccc(C)c1. The second kappa shape index (κ2) is 8.54. The number of hydrogen-bond donors (Lipinski definition) is 1. The van der Waals surface area contributed by atoms with Crippen molar-refractivity contribution in [1.82, 2.24) is 5.43 Å². The molecule has 1 amide bonds. The summed E-state index contributed by atoms with van der Waals surface area (Å²) in [6.45, 7) is 3.83. The van der Waals surface area contributed by atoms with E-state index in [2.05, 4.69) is 10.5 Å². The van der Waals surface area contributed by atoms with Gasteiger partial charge in [-0.3, -0.25) is 4.79 Å². The Morgan fingerprint density at radius 2 is 1.96 bits per heavy atom. The van der Waals surface area contributed by atoms with Crippen molar-refractivity contribution in [2.24, 2.45) is 5.10 Å². The minimum absolute atomic E-state index is 0.0672. The third kappa shape index (κ3) is 6.18. The molecule has 0 aliphatic rings. The van der Waals surface area contributed by atoms with E-state index in [1.54, 1.807) is 6.21 Å². The van der Waals surface area contributed by atoms with E-state index in [1.165, 1.54) is 0 Å². The quantitative estimate of drug-likeness (QED) is 0.655. The van der Waals surface area contributed by atoms with Crippen molar-refractivity contribution in [1.29, 1.82) is 0 Å². The highest BCUT2D eigenvalue weighted by atomic mass is 16.5. The molecular formula is C19H20N2O2. The van der Waals surface area contributed by atoms with Gasteiger partial charge in [0.1, 0.15) is 5.75 Å². The van der Waals surface area contributed by atoms with Gasteiger partial charge in [0.15, 0.2) is 6.61 Å². The van der Waals surface area contributed by atoms with Gasteiger partial charge >= 0.3 is 0 Å². The van der Waals surface area contributed by atoms with E-state index in [4.69, 9.17) is 4.74 Å². The number of rotatable bonds is 6. The number of benzene rings is 2. The zero-order valence-electron chi connectivity index (χ0n) is 13.3. The summed E-state index contributed by atoms with van der Waals surface area (Å²) in [4.78, 5) is 11.7. The summed E-state index contributed by atoms with van der Waals surface area (Å²) in [7, 11) is 0. The maximum atomic E-state index is 11.7. The molecule has 4 nitrogen and oxygen atoms in total. The lowest BCUT2D eigenvalue weighted by atomic mass is 10.1. The van der Waals surface area contributed by atoms with Crippen molar-refractivity contribution in [2.45, 2.75) is 13.8 Å². The van der Waals surface area contributed by atoms with E-state index in [-0.39, 0.29) is 12.5 Å². The fourth-order valence-electron chi connectivity index (χ4n) is 1.94. The van der Waals surface area contributed by atoms with Gasteiger partial charge in [-0.15, -0.1) is 0 Å². The highest BCUT2D eigenvalue weighted by Crippen LogP contribution is 2.11. The smallest absolute Gasteiger partial charge is 0.277 e. The number of aryl methyl sites for hydroxylation is 1. The molecule has 0 fully saturated rings. The Morgan fingerprint density at radius 1 is 1.17 bits per heavy atom. The highest BCUT2D eigenvalue weighted by molar-refractivity contribution is 5.86. The van der Waals surface area contributed by atoms with Gasteiger partial charge in [0, 0.05) is 0 Å². The monoisotopic (exact) mass is 308 g/mol. The molecule has 2 aromatic carbocycles. The van der Waals surface area contributed by atoms with Crippen LogP contribution in [0.1, 0.15) is 18.1 Å². The van der Waals surface area contributed by atoms with Crippen molar-refractivity contribution >= 4 is 18.2 Å². The average molecular weight is 308 g/mol.